The maximum absolute atomic E-state index is 11.0. The molecule has 2 aromatic heterocycles. The largest absolute Gasteiger partial charge is 0.481 e. The summed E-state index contributed by atoms with van der Waals surface area (Å²) in [7, 11) is 0. The van der Waals surface area contributed by atoms with E-state index in [9.17, 15) is 4.79 Å². The molecule has 0 unspecified atom stereocenters. The summed E-state index contributed by atoms with van der Waals surface area (Å²) < 4.78 is 1.97. The van der Waals surface area contributed by atoms with Crippen LogP contribution >= 0.6 is 0 Å². The Bertz CT molecular complexity index is 629. The first-order chi connectivity index (χ1) is 9.67. The Hall–Kier alpha value is -2.08. The van der Waals surface area contributed by atoms with Gasteiger partial charge >= 0.3 is 5.97 Å². The molecule has 1 aliphatic rings. The van der Waals surface area contributed by atoms with Crippen molar-refractivity contribution in [3.8, 4) is 0 Å². The predicted molar refractivity (Wildman–Crippen MR) is 75.7 cm³/mol. The number of fused-ring (bicyclic) bond motifs is 1. The van der Waals surface area contributed by atoms with Crippen LogP contribution in [0, 0.1) is 5.92 Å². The smallest absolute Gasteiger partial charge is 0.306 e. The second-order valence-corrected chi connectivity index (χ2v) is 5.19. The predicted octanol–water partition coefficient (Wildman–Crippen LogP) is 1.09. The standard InChI is InChI=1S/C14H18N4O2/c15-7-11-8-18-9-12(1-2-13(18)16-11)17-5-3-10(4-6-17)14(19)20/h1-2,8-10H,3-7,15H2,(H,19,20). The van der Waals surface area contributed by atoms with Crippen LogP contribution in [0.1, 0.15) is 18.5 Å². The highest BCUT2D eigenvalue weighted by Crippen LogP contribution is 2.24. The third-order valence-electron chi connectivity index (χ3n) is 3.90. The lowest BCUT2D eigenvalue weighted by atomic mass is 9.97. The van der Waals surface area contributed by atoms with Crippen molar-refractivity contribution in [3.63, 3.8) is 0 Å². The van der Waals surface area contributed by atoms with Crippen LogP contribution in [-0.2, 0) is 11.3 Å². The molecule has 0 amide bonds. The van der Waals surface area contributed by atoms with Gasteiger partial charge in [-0.15, -0.1) is 0 Å². The number of aromatic nitrogens is 2. The zero-order valence-corrected chi connectivity index (χ0v) is 11.2. The maximum Gasteiger partial charge on any atom is 0.306 e. The van der Waals surface area contributed by atoms with Gasteiger partial charge in [-0.25, -0.2) is 4.98 Å². The fourth-order valence-electron chi connectivity index (χ4n) is 2.70. The van der Waals surface area contributed by atoms with Crippen LogP contribution in [0.3, 0.4) is 0 Å². The van der Waals surface area contributed by atoms with Crippen molar-refractivity contribution >= 4 is 17.3 Å². The number of carboxylic acids is 1. The highest BCUT2D eigenvalue weighted by atomic mass is 16.4. The molecule has 0 aromatic carbocycles. The van der Waals surface area contributed by atoms with E-state index in [4.69, 9.17) is 10.8 Å². The molecule has 3 heterocycles. The molecule has 1 fully saturated rings. The molecule has 0 saturated carbocycles. The molecular weight excluding hydrogens is 256 g/mol. The van der Waals surface area contributed by atoms with Gasteiger partial charge in [-0.05, 0) is 25.0 Å². The highest BCUT2D eigenvalue weighted by Gasteiger charge is 2.24. The van der Waals surface area contributed by atoms with Crippen molar-refractivity contribution in [1.29, 1.82) is 0 Å². The monoisotopic (exact) mass is 274 g/mol. The Morgan fingerprint density at radius 1 is 1.35 bits per heavy atom. The Balaban J connectivity index is 1.79. The van der Waals surface area contributed by atoms with Crippen molar-refractivity contribution in [2.75, 3.05) is 18.0 Å². The zero-order chi connectivity index (χ0) is 14.1. The van der Waals surface area contributed by atoms with Crippen LogP contribution < -0.4 is 10.6 Å². The van der Waals surface area contributed by atoms with Crippen LogP contribution in [0.25, 0.3) is 5.65 Å². The van der Waals surface area contributed by atoms with Crippen molar-refractivity contribution in [3.05, 3.63) is 30.2 Å². The fraction of sp³-hybridized carbons (Fsp3) is 0.429. The number of carboxylic acid groups (broad SMARTS) is 1. The number of carbonyl (C=O) groups is 1. The Labute approximate surface area is 116 Å². The summed E-state index contributed by atoms with van der Waals surface area (Å²) in [4.78, 5) is 17.6. The van der Waals surface area contributed by atoms with E-state index < -0.39 is 5.97 Å². The first-order valence-electron chi connectivity index (χ1n) is 6.83. The minimum atomic E-state index is -0.678. The molecule has 1 aliphatic heterocycles. The second kappa shape index (κ2) is 5.13. The molecule has 1 saturated heterocycles. The van der Waals surface area contributed by atoms with Gasteiger partial charge in [0.1, 0.15) is 5.65 Å². The quantitative estimate of drug-likeness (QED) is 0.875. The Morgan fingerprint density at radius 2 is 2.10 bits per heavy atom. The SMILES string of the molecule is NCc1cn2cc(N3CCC(C(=O)O)CC3)ccc2n1. The van der Waals surface area contributed by atoms with Gasteiger partial charge in [-0.2, -0.15) is 0 Å². The molecule has 0 bridgehead atoms. The van der Waals surface area contributed by atoms with E-state index in [1.54, 1.807) is 0 Å². The molecule has 2 aromatic rings. The van der Waals surface area contributed by atoms with Gasteiger partial charge in [0.25, 0.3) is 0 Å². The summed E-state index contributed by atoms with van der Waals surface area (Å²) in [6.07, 6.45) is 5.36. The molecule has 0 spiro atoms. The minimum Gasteiger partial charge on any atom is -0.481 e. The number of hydrogen-bond donors (Lipinski definition) is 2. The third-order valence-corrected chi connectivity index (χ3v) is 3.90. The maximum atomic E-state index is 11.0. The van der Waals surface area contributed by atoms with E-state index in [1.165, 1.54) is 0 Å². The van der Waals surface area contributed by atoms with E-state index in [0.717, 1.165) is 30.1 Å². The van der Waals surface area contributed by atoms with E-state index in [2.05, 4.69) is 9.88 Å². The molecule has 6 heteroatoms. The molecule has 20 heavy (non-hydrogen) atoms. The van der Waals surface area contributed by atoms with E-state index >= 15 is 0 Å². The van der Waals surface area contributed by atoms with Gasteiger partial charge in [0.05, 0.1) is 17.3 Å². The first kappa shape index (κ1) is 12.9. The molecular formula is C14H18N4O2. The number of aliphatic carboxylic acids is 1. The van der Waals surface area contributed by atoms with Gasteiger partial charge < -0.3 is 20.1 Å². The van der Waals surface area contributed by atoms with Gasteiger partial charge in [0.15, 0.2) is 0 Å². The topological polar surface area (TPSA) is 83.9 Å². The highest BCUT2D eigenvalue weighted by molar-refractivity contribution is 5.70. The lowest BCUT2D eigenvalue weighted by Gasteiger charge is -2.31. The normalized spacial score (nSPS) is 16.8. The van der Waals surface area contributed by atoms with Crippen molar-refractivity contribution < 1.29 is 9.90 Å². The number of hydrogen-bond acceptors (Lipinski definition) is 4. The zero-order valence-electron chi connectivity index (χ0n) is 11.2. The molecule has 3 rings (SSSR count). The van der Waals surface area contributed by atoms with Crippen molar-refractivity contribution in [2.24, 2.45) is 11.7 Å². The summed E-state index contributed by atoms with van der Waals surface area (Å²) in [5.74, 6) is -0.880. The lowest BCUT2D eigenvalue weighted by molar-refractivity contribution is -0.142. The minimum absolute atomic E-state index is 0.202. The van der Waals surface area contributed by atoms with Crippen LogP contribution in [0.15, 0.2) is 24.5 Å². The van der Waals surface area contributed by atoms with Crippen LogP contribution in [0.4, 0.5) is 5.69 Å². The van der Waals surface area contributed by atoms with Crippen LogP contribution in [0.5, 0.6) is 0 Å². The summed E-state index contributed by atoms with van der Waals surface area (Å²) in [6.45, 7) is 1.99. The van der Waals surface area contributed by atoms with Crippen LogP contribution in [0.2, 0.25) is 0 Å². The van der Waals surface area contributed by atoms with Gasteiger partial charge in [0, 0.05) is 32.0 Å². The van der Waals surface area contributed by atoms with Gasteiger partial charge in [-0.3, -0.25) is 4.79 Å². The van der Waals surface area contributed by atoms with Crippen molar-refractivity contribution in [1.82, 2.24) is 9.38 Å². The summed E-state index contributed by atoms with van der Waals surface area (Å²) >= 11 is 0. The summed E-state index contributed by atoms with van der Waals surface area (Å²) in [5.41, 5.74) is 8.45. The number of rotatable bonds is 3. The van der Waals surface area contributed by atoms with Crippen LogP contribution in [-0.4, -0.2) is 33.6 Å². The molecule has 0 radical (unpaired) electrons. The average Bonchev–Trinajstić information content (AvgIpc) is 2.89. The number of anilines is 1. The number of pyridine rings is 1. The van der Waals surface area contributed by atoms with Gasteiger partial charge in [0.2, 0.25) is 0 Å². The molecule has 3 N–H and O–H groups in total. The molecule has 106 valence electrons. The fourth-order valence-corrected chi connectivity index (χ4v) is 2.70. The first-order valence-corrected chi connectivity index (χ1v) is 6.83. The summed E-state index contributed by atoms with van der Waals surface area (Å²) in [6, 6.07) is 4.00. The third kappa shape index (κ3) is 2.34. The number of nitrogens with two attached hydrogens (primary N) is 1. The molecule has 0 aliphatic carbocycles. The summed E-state index contributed by atoms with van der Waals surface area (Å²) in [5, 5.41) is 9.02. The Kier molecular flexibility index (Phi) is 3.31. The lowest BCUT2D eigenvalue weighted by Crippen LogP contribution is -2.36. The van der Waals surface area contributed by atoms with E-state index in [0.29, 0.717) is 19.4 Å². The van der Waals surface area contributed by atoms with E-state index in [1.807, 2.05) is 28.9 Å². The number of piperidine rings is 1. The van der Waals surface area contributed by atoms with Crippen molar-refractivity contribution in [2.45, 2.75) is 19.4 Å². The second-order valence-electron chi connectivity index (χ2n) is 5.19. The van der Waals surface area contributed by atoms with E-state index in [-0.39, 0.29) is 5.92 Å². The average molecular weight is 274 g/mol. The molecule has 0 atom stereocenters. The Morgan fingerprint density at radius 3 is 2.75 bits per heavy atom. The number of nitrogens with zero attached hydrogens (tertiary/aromatic N) is 3. The molecule has 6 nitrogen and oxygen atoms in total. The number of imidazole rings is 1. The van der Waals surface area contributed by atoms with Gasteiger partial charge in [-0.1, -0.05) is 0 Å².